The van der Waals surface area contributed by atoms with E-state index in [2.05, 4.69) is 58.3 Å². The van der Waals surface area contributed by atoms with E-state index >= 15 is 0 Å². The van der Waals surface area contributed by atoms with Crippen molar-refractivity contribution in [1.29, 1.82) is 0 Å². The van der Waals surface area contributed by atoms with E-state index in [-0.39, 0.29) is 10.8 Å². The van der Waals surface area contributed by atoms with Crippen molar-refractivity contribution in [2.75, 3.05) is 6.54 Å². The quantitative estimate of drug-likeness (QED) is 0.644. The van der Waals surface area contributed by atoms with Crippen LogP contribution in [0.15, 0.2) is 28.5 Å². The summed E-state index contributed by atoms with van der Waals surface area (Å²) < 4.78 is 0. The van der Waals surface area contributed by atoms with Crippen LogP contribution in [-0.4, -0.2) is 12.8 Å². The van der Waals surface area contributed by atoms with Crippen LogP contribution in [-0.2, 0) is 0 Å². The number of rotatable bonds is 0. The van der Waals surface area contributed by atoms with Gasteiger partial charge in [-0.2, -0.15) is 0 Å². The highest BCUT2D eigenvalue weighted by Crippen LogP contribution is 2.40. The highest BCUT2D eigenvalue weighted by molar-refractivity contribution is 5.71. The van der Waals surface area contributed by atoms with Gasteiger partial charge in [0.2, 0.25) is 0 Å². The average molecular weight is 246 g/mol. The molecular formula is C16H26N2. The zero-order chi connectivity index (χ0) is 13.4. The smallest absolute Gasteiger partial charge is 0.125 e. The van der Waals surface area contributed by atoms with Crippen molar-refractivity contribution in [2.45, 2.75) is 47.5 Å². The summed E-state index contributed by atoms with van der Waals surface area (Å²) in [6.45, 7) is 12.4. The largest absolute Gasteiger partial charge is 0.370 e. The second-order valence-electron chi connectivity index (χ2n) is 6.84. The lowest BCUT2D eigenvalue weighted by Crippen LogP contribution is -2.34. The van der Waals surface area contributed by atoms with E-state index in [1.807, 2.05) is 0 Å². The number of nitrogens with one attached hydrogen (secondary N) is 1. The molecule has 2 aliphatic rings. The summed E-state index contributed by atoms with van der Waals surface area (Å²) in [5.74, 6) is 1.61. The fourth-order valence-corrected chi connectivity index (χ4v) is 2.44. The Morgan fingerprint density at radius 2 is 2.11 bits per heavy atom. The van der Waals surface area contributed by atoms with Crippen molar-refractivity contribution in [1.82, 2.24) is 5.32 Å². The van der Waals surface area contributed by atoms with E-state index in [1.165, 1.54) is 18.4 Å². The average Bonchev–Trinajstić information content (AvgIpc) is 2.31. The van der Waals surface area contributed by atoms with Gasteiger partial charge in [-0.3, -0.25) is 0 Å². The minimum atomic E-state index is 0.0128. The molecule has 0 spiro atoms. The van der Waals surface area contributed by atoms with Gasteiger partial charge in [0.1, 0.15) is 5.82 Å². The lowest BCUT2D eigenvalue weighted by Gasteiger charge is -2.38. The van der Waals surface area contributed by atoms with Gasteiger partial charge in [-0.25, -0.2) is 4.99 Å². The Bertz CT molecular complexity index is 409. The summed E-state index contributed by atoms with van der Waals surface area (Å²) in [7, 11) is 0. The lowest BCUT2D eigenvalue weighted by atomic mass is 9.68. The monoisotopic (exact) mass is 246 g/mol. The Hall–Kier alpha value is -1.05. The molecule has 2 heteroatoms. The van der Waals surface area contributed by atoms with Gasteiger partial charge >= 0.3 is 0 Å². The van der Waals surface area contributed by atoms with Crippen molar-refractivity contribution in [3.8, 4) is 0 Å². The zero-order valence-electron chi connectivity index (χ0n) is 12.4. The number of hydrogen-bond acceptors (Lipinski definition) is 2. The van der Waals surface area contributed by atoms with Gasteiger partial charge in [-0.1, -0.05) is 46.8 Å². The minimum Gasteiger partial charge on any atom is -0.370 e. The summed E-state index contributed by atoms with van der Waals surface area (Å²) in [5, 5.41) is 3.46. The van der Waals surface area contributed by atoms with Crippen LogP contribution in [0, 0.1) is 16.7 Å². The summed E-state index contributed by atoms with van der Waals surface area (Å²) >= 11 is 0. The van der Waals surface area contributed by atoms with Gasteiger partial charge in [0, 0.05) is 18.2 Å². The molecule has 0 saturated heterocycles. The van der Waals surface area contributed by atoms with Gasteiger partial charge in [0.05, 0.1) is 0 Å². The standard InChI is InChI=1S/C16H26N2/c1-12-8-9-16(5,15(2,3)4)11-18-14-13(12)7-6-10-17-14/h8-9,11-12,17H,6-7,10H2,1-5H3/b9-8-,18-11-. The van der Waals surface area contributed by atoms with Crippen LogP contribution in [0.3, 0.4) is 0 Å². The molecular weight excluding hydrogens is 220 g/mol. The van der Waals surface area contributed by atoms with Crippen LogP contribution in [0.1, 0.15) is 47.5 Å². The first-order chi connectivity index (χ1) is 8.33. The van der Waals surface area contributed by atoms with E-state index < -0.39 is 0 Å². The SMILES string of the molecule is CC1/C=C\C(C)(C(C)(C)C)/C=N\C2=C1CCCN2. The van der Waals surface area contributed by atoms with Crippen molar-refractivity contribution >= 4 is 6.21 Å². The van der Waals surface area contributed by atoms with Crippen LogP contribution in [0.4, 0.5) is 0 Å². The lowest BCUT2D eigenvalue weighted by molar-refractivity contribution is 0.255. The van der Waals surface area contributed by atoms with E-state index in [1.54, 1.807) is 0 Å². The molecule has 2 unspecified atom stereocenters. The third kappa shape index (κ3) is 2.38. The molecule has 0 radical (unpaired) electrons. The predicted octanol–water partition coefficient (Wildman–Crippen LogP) is 3.91. The van der Waals surface area contributed by atoms with Gasteiger partial charge < -0.3 is 5.32 Å². The van der Waals surface area contributed by atoms with Crippen molar-refractivity contribution in [2.24, 2.45) is 21.7 Å². The number of hydrogen-bond donors (Lipinski definition) is 1. The molecule has 2 heterocycles. The molecule has 2 rings (SSSR count). The Morgan fingerprint density at radius 1 is 1.39 bits per heavy atom. The van der Waals surface area contributed by atoms with Crippen molar-refractivity contribution in [3.63, 3.8) is 0 Å². The van der Waals surface area contributed by atoms with Crippen LogP contribution in [0.25, 0.3) is 0 Å². The summed E-state index contributed by atoms with van der Waals surface area (Å²) in [6.07, 6.45) is 9.24. The third-order valence-corrected chi connectivity index (χ3v) is 4.58. The maximum absolute atomic E-state index is 4.77. The molecule has 0 aromatic heterocycles. The van der Waals surface area contributed by atoms with Gasteiger partial charge in [0.15, 0.2) is 0 Å². The first kappa shape index (κ1) is 13.4. The normalized spacial score (nSPS) is 36.2. The van der Waals surface area contributed by atoms with Crippen LogP contribution in [0.5, 0.6) is 0 Å². The Labute approximate surface area is 111 Å². The first-order valence-corrected chi connectivity index (χ1v) is 7.05. The molecule has 0 fully saturated rings. The molecule has 0 bridgehead atoms. The molecule has 0 aliphatic carbocycles. The first-order valence-electron chi connectivity index (χ1n) is 7.05. The summed E-state index contributed by atoms with van der Waals surface area (Å²) in [4.78, 5) is 4.77. The summed E-state index contributed by atoms with van der Waals surface area (Å²) in [5.41, 5.74) is 1.66. The van der Waals surface area contributed by atoms with Crippen molar-refractivity contribution in [3.05, 3.63) is 23.5 Å². The molecule has 0 aromatic rings. The zero-order valence-corrected chi connectivity index (χ0v) is 12.4. The van der Waals surface area contributed by atoms with Crippen LogP contribution in [0.2, 0.25) is 0 Å². The van der Waals surface area contributed by atoms with Gasteiger partial charge in [0.25, 0.3) is 0 Å². The Kier molecular flexibility index (Phi) is 3.39. The molecule has 18 heavy (non-hydrogen) atoms. The fourth-order valence-electron chi connectivity index (χ4n) is 2.44. The highest BCUT2D eigenvalue weighted by atomic mass is 15.0. The predicted molar refractivity (Wildman–Crippen MR) is 78.6 cm³/mol. The molecule has 0 saturated carbocycles. The molecule has 2 atom stereocenters. The van der Waals surface area contributed by atoms with Crippen molar-refractivity contribution < 1.29 is 0 Å². The van der Waals surface area contributed by atoms with E-state index in [4.69, 9.17) is 4.99 Å². The number of aliphatic imine (C=N–C) groups is 1. The molecule has 1 N–H and O–H groups in total. The van der Waals surface area contributed by atoms with Crippen LogP contribution >= 0.6 is 0 Å². The molecule has 2 aliphatic heterocycles. The second kappa shape index (κ2) is 4.56. The van der Waals surface area contributed by atoms with Crippen LogP contribution < -0.4 is 5.32 Å². The Morgan fingerprint density at radius 3 is 2.78 bits per heavy atom. The maximum Gasteiger partial charge on any atom is 0.125 e. The highest BCUT2D eigenvalue weighted by Gasteiger charge is 2.34. The third-order valence-electron chi connectivity index (χ3n) is 4.58. The Balaban J connectivity index is 2.42. The van der Waals surface area contributed by atoms with E-state index in [0.29, 0.717) is 5.92 Å². The maximum atomic E-state index is 4.77. The minimum absolute atomic E-state index is 0.0128. The van der Waals surface area contributed by atoms with Gasteiger partial charge in [-0.05, 0) is 29.7 Å². The van der Waals surface area contributed by atoms with E-state index in [9.17, 15) is 0 Å². The molecule has 0 amide bonds. The summed E-state index contributed by atoms with van der Waals surface area (Å²) in [6, 6.07) is 0. The number of allylic oxidation sites excluding steroid dienone is 3. The van der Waals surface area contributed by atoms with E-state index in [0.717, 1.165) is 12.4 Å². The molecule has 0 aromatic carbocycles. The van der Waals surface area contributed by atoms with Gasteiger partial charge in [-0.15, -0.1) is 0 Å². The molecule has 2 nitrogen and oxygen atoms in total. The fraction of sp³-hybridized carbons (Fsp3) is 0.688. The number of nitrogens with zero attached hydrogens (tertiary/aromatic N) is 1. The molecule has 100 valence electrons. The topological polar surface area (TPSA) is 24.4 Å². The second-order valence-corrected chi connectivity index (χ2v) is 6.84.